The summed E-state index contributed by atoms with van der Waals surface area (Å²) in [5.74, 6) is -0.0910. The summed E-state index contributed by atoms with van der Waals surface area (Å²) in [5, 5.41) is 0. The molecule has 1 amide bonds. The summed E-state index contributed by atoms with van der Waals surface area (Å²) in [7, 11) is 8.84. The number of rotatable bonds is 15. The van der Waals surface area contributed by atoms with Crippen LogP contribution in [0, 0.1) is 5.92 Å². The molecule has 9 atom stereocenters. The van der Waals surface area contributed by atoms with E-state index in [0.717, 1.165) is 49.8 Å². The van der Waals surface area contributed by atoms with Crippen molar-refractivity contribution >= 4 is 34.3 Å². The lowest BCUT2D eigenvalue weighted by Gasteiger charge is -2.33. The van der Waals surface area contributed by atoms with Gasteiger partial charge in [-0.2, -0.15) is 0 Å². The Bertz CT molecular complexity index is 753. The fourth-order valence-corrected chi connectivity index (χ4v) is 5.37. The van der Waals surface area contributed by atoms with Crippen molar-refractivity contribution in [3.8, 4) is 0 Å². The number of benzene rings is 1. The van der Waals surface area contributed by atoms with Crippen molar-refractivity contribution in [1.82, 2.24) is 4.90 Å². The SMILES string of the molecule is C=C1C[C@H](CCCOP)OC1CCC(CC(C)C(=O)N(C)C(C)[C@H](OP)c1ccccc1)OP. The molecule has 1 saturated heterocycles. The van der Waals surface area contributed by atoms with Crippen LogP contribution in [0.5, 0.6) is 0 Å². The van der Waals surface area contributed by atoms with Crippen molar-refractivity contribution in [2.75, 3.05) is 13.7 Å². The van der Waals surface area contributed by atoms with E-state index in [1.54, 1.807) is 4.90 Å². The quantitative estimate of drug-likeness (QED) is 0.167. The Kier molecular flexibility index (Phi) is 13.7. The van der Waals surface area contributed by atoms with Crippen LogP contribution < -0.4 is 0 Å². The topological polar surface area (TPSA) is 57.2 Å². The van der Waals surface area contributed by atoms with Crippen LogP contribution in [-0.4, -0.2) is 48.8 Å². The minimum Gasteiger partial charge on any atom is -0.370 e. The monoisotopic (exact) mass is 529 g/mol. The lowest BCUT2D eigenvalue weighted by Crippen LogP contribution is -2.42. The molecular formula is C25H42NO5P3. The number of carbonyl (C=O) groups excluding carboxylic acids is 1. The largest absolute Gasteiger partial charge is 0.370 e. The van der Waals surface area contributed by atoms with Gasteiger partial charge in [-0.1, -0.05) is 43.8 Å². The maximum absolute atomic E-state index is 13.2. The molecule has 1 aromatic rings. The summed E-state index contributed by atoms with van der Waals surface area (Å²) in [6.45, 7) is 8.92. The predicted octanol–water partition coefficient (Wildman–Crippen LogP) is 5.66. The first-order valence-electron chi connectivity index (χ1n) is 12.0. The lowest BCUT2D eigenvalue weighted by atomic mass is 9.95. The first kappa shape index (κ1) is 29.8. The molecule has 1 heterocycles. The van der Waals surface area contributed by atoms with E-state index < -0.39 is 0 Å². The Hall–Kier alpha value is -0.440. The number of carbonyl (C=O) groups is 1. The van der Waals surface area contributed by atoms with Crippen LogP contribution in [0.1, 0.15) is 64.0 Å². The zero-order valence-electron chi connectivity index (χ0n) is 20.7. The van der Waals surface area contributed by atoms with Crippen molar-refractivity contribution in [1.29, 1.82) is 0 Å². The van der Waals surface area contributed by atoms with E-state index in [2.05, 4.69) is 35.0 Å². The minimum atomic E-state index is -0.220. The number of likely N-dealkylation sites (N-methyl/N-ethyl adjacent to an activating group) is 1. The highest BCUT2D eigenvalue weighted by Gasteiger charge is 2.31. The number of hydrogen-bond acceptors (Lipinski definition) is 5. The van der Waals surface area contributed by atoms with Gasteiger partial charge in [-0.15, -0.1) is 0 Å². The molecule has 1 fully saturated rings. The molecule has 192 valence electrons. The fraction of sp³-hybridized carbons (Fsp3) is 0.640. The molecular weight excluding hydrogens is 487 g/mol. The summed E-state index contributed by atoms with van der Waals surface area (Å²) in [4.78, 5) is 15.0. The smallest absolute Gasteiger partial charge is 0.225 e. The molecule has 2 rings (SSSR count). The Balaban J connectivity index is 1.85. The van der Waals surface area contributed by atoms with Crippen LogP contribution >= 0.6 is 28.4 Å². The van der Waals surface area contributed by atoms with E-state index in [9.17, 15) is 4.79 Å². The van der Waals surface area contributed by atoms with E-state index in [1.165, 1.54) is 0 Å². The third-order valence-corrected chi connectivity index (χ3v) is 7.66. The van der Waals surface area contributed by atoms with Crippen molar-refractivity contribution in [3.05, 3.63) is 48.0 Å². The predicted molar refractivity (Wildman–Crippen MR) is 147 cm³/mol. The summed E-state index contributed by atoms with van der Waals surface area (Å²) >= 11 is 0. The molecule has 1 aliphatic heterocycles. The van der Waals surface area contributed by atoms with E-state index in [0.29, 0.717) is 6.42 Å². The van der Waals surface area contributed by atoms with Gasteiger partial charge in [0.15, 0.2) is 0 Å². The van der Waals surface area contributed by atoms with E-state index >= 15 is 0 Å². The average Bonchev–Trinajstić information content (AvgIpc) is 3.20. The molecule has 7 unspecified atom stereocenters. The van der Waals surface area contributed by atoms with Gasteiger partial charge in [0.25, 0.3) is 0 Å². The molecule has 0 aromatic heterocycles. The third-order valence-electron chi connectivity index (χ3n) is 6.74. The van der Waals surface area contributed by atoms with Gasteiger partial charge in [-0.25, -0.2) is 0 Å². The zero-order chi connectivity index (χ0) is 25.1. The van der Waals surface area contributed by atoms with Gasteiger partial charge in [-0.05, 0) is 56.6 Å². The summed E-state index contributed by atoms with van der Waals surface area (Å²) < 4.78 is 22.6. The van der Waals surface area contributed by atoms with Gasteiger partial charge in [0, 0.05) is 41.4 Å². The molecule has 0 bridgehead atoms. The van der Waals surface area contributed by atoms with Gasteiger partial charge in [-0.3, -0.25) is 4.79 Å². The van der Waals surface area contributed by atoms with Gasteiger partial charge in [0.05, 0.1) is 31.0 Å². The van der Waals surface area contributed by atoms with Gasteiger partial charge in [0.2, 0.25) is 5.91 Å². The lowest BCUT2D eigenvalue weighted by molar-refractivity contribution is -0.138. The fourth-order valence-electron chi connectivity index (χ4n) is 4.58. The second-order valence-corrected chi connectivity index (χ2v) is 10.1. The van der Waals surface area contributed by atoms with Crippen LogP contribution in [0.3, 0.4) is 0 Å². The number of nitrogens with zero attached hydrogens (tertiary/aromatic N) is 1. The Labute approximate surface area is 212 Å². The number of hydrogen-bond donors (Lipinski definition) is 0. The number of ether oxygens (including phenoxy) is 1. The summed E-state index contributed by atoms with van der Waals surface area (Å²) in [6.07, 6.45) is 5.18. The average molecular weight is 530 g/mol. The van der Waals surface area contributed by atoms with Crippen molar-refractivity contribution in [2.45, 2.75) is 82.8 Å². The van der Waals surface area contributed by atoms with Gasteiger partial charge < -0.3 is 23.2 Å². The molecule has 0 radical (unpaired) electrons. The Morgan fingerprint density at radius 3 is 2.50 bits per heavy atom. The minimum absolute atomic E-state index is 0.0449. The maximum Gasteiger partial charge on any atom is 0.225 e. The zero-order valence-corrected chi connectivity index (χ0v) is 24.2. The van der Waals surface area contributed by atoms with Crippen LogP contribution in [0.15, 0.2) is 42.5 Å². The first-order chi connectivity index (χ1) is 16.3. The number of amides is 1. The van der Waals surface area contributed by atoms with Crippen LogP contribution in [0.25, 0.3) is 0 Å². The molecule has 1 aliphatic rings. The highest BCUT2D eigenvalue weighted by molar-refractivity contribution is 7.10. The highest BCUT2D eigenvalue weighted by Crippen LogP contribution is 2.32. The molecule has 0 aliphatic carbocycles. The molecule has 0 spiro atoms. The van der Waals surface area contributed by atoms with Crippen molar-refractivity contribution in [2.24, 2.45) is 5.92 Å². The van der Waals surface area contributed by atoms with E-state index in [4.69, 9.17) is 18.3 Å². The van der Waals surface area contributed by atoms with E-state index in [1.807, 2.05) is 51.2 Å². The molecule has 6 nitrogen and oxygen atoms in total. The highest BCUT2D eigenvalue weighted by atomic mass is 31.0. The molecule has 0 saturated carbocycles. The molecule has 0 N–H and O–H groups in total. The second kappa shape index (κ2) is 15.6. The summed E-state index contributed by atoms with van der Waals surface area (Å²) in [6, 6.07) is 9.85. The van der Waals surface area contributed by atoms with Crippen molar-refractivity contribution in [3.63, 3.8) is 0 Å². The maximum atomic E-state index is 13.2. The summed E-state index contributed by atoms with van der Waals surface area (Å²) in [5.41, 5.74) is 2.20. The van der Waals surface area contributed by atoms with Crippen LogP contribution in [-0.2, 0) is 23.1 Å². The van der Waals surface area contributed by atoms with Crippen LogP contribution in [0.2, 0.25) is 0 Å². The third kappa shape index (κ3) is 8.90. The van der Waals surface area contributed by atoms with Gasteiger partial charge >= 0.3 is 0 Å². The molecule has 9 heteroatoms. The standard InChI is InChI=1S/C25H42NO5P3/c1-17-15-21(11-8-14-28-32)29-23(17)13-12-22(30-33)16-18(2)25(27)26(4)19(3)24(31-34)20-9-6-5-7-10-20/h5-7,9-10,18-19,21-24H,1,8,11-16,32-34H2,2-4H3/t18?,19?,21-,22?,23?,24-/m0/s1. The van der Waals surface area contributed by atoms with E-state index in [-0.39, 0.29) is 42.3 Å². The molecule has 1 aromatic carbocycles. The Morgan fingerprint density at radius 1 is 1.18 bits per heavy atom. The second-order valence-electron chi connectivity index (χ2n) is 9.25. The van der Waals surface area contributed by atoms with Gasteiger partial charge in [0.1, 0.15) is 6.10 Å². The first-order valence-corrected chi connectivity index (χ1v) is 13.4. The van der Waals surface area contributed by atoms with Crippen molar-refractivity contribution < 1.29 is 23.1 Å². The Morgan fingerprint density at radius 2 is 1.88 bits per heavy atom. The van der Waals surface area contributed by atoms with Crippen LogP contribution in [0.4, 0.5) is 0 Å². The normalized spacial score (nSPS) is 21.8. The molecule has 34 heavy (non-hydrogen) atoms.